The van der Waals surface area contributed by atoms with Crippen LogP contribution in [0.3, 0.4) is 0 Å². The van der Waals surface area contributed by atoms with Gasteiger partial charge in [0.15, 0.2) is 0 Å². The minimum atomic E-state index is -0.278. The second-order valence-corrected chi connectivity index (χ2v) is 5.25. The van der Waals surface area contributed by atoms with E-state index in [2.05, 4.69) is 24.3 Å². The minimum absolute atomic E-state index is 0.278. The smallest absolute Gasteiger partial charge is 0.115 e. The molecular formula is C19H22O2. The number of aliphatic hydroxyl groups is 1. The van der Waals surface area contributed by atoms with Crippen molar-refractivity contribution >= 4 is 6.08 Å². The third-order valence-corrected chi connectivity index (χ3v) is 3.48. The van der Waals surface area contributed by atoms with Crippen molar-refractivity contribution in [3.63, 3.8) is 0 Å². The van der Waals surface area contributed by atoms with Gasteiger partial charge in [-0.25, -0.2) is 0 Å². The zero-order valence-electron chi connectivity index (χ0n) is 12.2. The molecule has 110 valence electrons. The van der Waals surface area contributed by atoms with E-state index in [1.54, 1.807) is 12.1 Å². The first-order chi connectivity index (χ1) is 10.2. The molecule has 21 heavy (non-hydrogen) atoms. The van der Waals surface area contributed by atoms with Crippen LogP contribution in [0.5, 0.6) is 5.75 Å². The minimum Gasteiger partial charge on any atom is -0.508 e. The summed E-state index contributed by atoms with van der Waals surface area (Å²) >= 11 is 0. The zero-order valence-corrected chi connectivity index (χ0v) is 12.2. The zero-order chi connectivity index (χ0) is 14.9. The Morgan fingerprint density at radius 3 is 2.33 bits per heavy atom. The van der Waals surface area contributed by atoms with E-state index in [0.29, 0.717) is 0 Å². The summed E-state index contributed by atoms with van der Waals surface area (Å²) in [6.07, 6.45) is 7.17. The first-order valence-electron chi connectivity index (χ1n) is 7.41. The number of rotatable bonds is 7. The Morgan fingerprint density at radius 2 is 1.62 bits per heavy atom. The van der Waals surface area contributed by atoms with Gasteiger partial charge in [-0.15, -0.1) is 0 Å². The molecule has 0 aliphatic heterocycles. The lowest BCUT2D eigenvalue weighted by Crippen LogP contribution is -2.07. The number of hydrogen-bond donors (Lipinski definition) is 2. The number of aliphatic hydroxyl groups excluding tert-OH is 1. The summed E-state index contributed by atoms with van der Waals surface area (Å²) in [5, 5.41) is 19.2. The molecule has 0 bridgehead atoms. The van der Waals surface area contributed by atoms with Crippen LogP contribution < -0.4 is 0 Å². The summed E-state index contributed by atoms with van der Waals surface area (Å²) in [5.74, 6) is 0.283. The van der Waals surface area contributed by atoms with Crippen molar-refractivity contribution in [3.8, 4) is 5.75 Å². The summed E-state index contributed by atoms with van der Waals surface area (Å²) in [6, 6.07) is 17.3. The van der Waals surface area contributed by atoms with Crippen LogP contribution in [0, 0.1) is 0 Å². The number of allylic oxidation sites excluding steroid dienone is 1. The van der Waals surface area contributed by atoms with Crippen LogP contribution in [0.25, 0.3) is 6.08 Å². The standard InChI is InChI=1S/C19H22O2/c20-18(13-10-17-11-14-19(21)15-12-17)9-5-4-8-16-6-2-1-3-7-16/h1-4,6-8,11-12,14-15,18,20-21H,5,9-10,13H2. The molecule has 0 aliphatic carbocycles. The Kier molecular flexibility index (Phi) is 6.04. The third-order valence-electron chi connectivity index (χ3n) is 3.48. The largest absolute Gasteiger partial charge is 0.508 e. The van der Waals surface area contributed by atoms with E-state index in [0.717, 1.165) is 31.2 Å². The predicted molar refractivity (Wildman–Crippen MR) is 87.1 cm³/mol. The van der Waals surface area contributed by atoms with Crippen LogP contribution in [0.4, 0.5) is 0 Å². The van der Waals surface area contributed by atoms with E-state index in [1.807, 2.05) is 30.3 Å². The number of phenols is 1. The molecule has 2 aromatic carbocycles. The van der Waals surface area contributed by atoms with Crippen molar-refractivity contribution in [1.29, 1.82) is 0 Å². The SMILES string of the molecule is Oc1ccc(CCC(O)CCC=Cc2ccccc2)cc1. The maximum atomic E-state index is 9.98. The molecule has 0 aromatic heterocycles. The predicted octanol–water partition coefficient (Wildman–Crippen LogP) is 4.18. The summed E-state index contributed by atoms with van der Waals surface area (Å²) in [6.45, 7) is 0. The molecule has 1 atom stereocenters. The van der Waals surface area contributed by atoms with Crippen molar-refractivity contribution in [2.24, 2.45) is 0 Å². The normalized spacial score (nSPS) is 12.6. The average Bonchev–Trinajstić information content (AvgIpc) is 2.52. The number of aromatic hydroxyl groups is 1. The lowest BCUT2D eigenvalue weighted by molar-refractivity contribution is 0.156. The van der Waals surface area contributed by atoms with Crippen molar-refractivity contribution in [2.75, 3.05) is 0 Å². The molecule has 0 saturated heterocycles. The lowest BCUT2D eigenvalue weighted by atomic mass is 10.0. The van der Waals surface area contributed by atoms with Gasteiger partial charge >= 0.3 is 0 Å². The number of phenolic OH excluding ortho intramolecular Hbond substituents is 1. The van der Waals surface area contributed by atoms with Gasteiger partial charge in [0.05, 0.1) is 6.10 Å². The van der Waals surface area contributed by atoms with E-state index in [-0.39, 0.29) is 11.9 Å². The summed E-state index contributed by atoms with van der Waals surface area (Å²) in [7, 11) is 0. The molecule has 0 amide bonds. The van der Waals surface area contributed by atoms with Gasteiger partial charge in [0.1, 0.15) is 5.75 Å². The highest BCUT2D eigenvalue weighted by Gasteiger charge is 2.03. The Hall–Kier alpha value is -2.06. The van der Waals surface area contributed by atoms with Gasteiger partial charge in [-0.2, -0.15) is 0 Å². The lowest BCUT2D eigenvalue weighted by Gasteiger charge is -2.09. The molecule has 2 N–H and O–H groups in total. The molecule has 0 heterocycles. The quantitative estimate of drug-likeness (QED) is 0.799. The summed E-state index contributed by atoms with van der Waals surface area (Å²) in [5.41, 5.74) is 2.34. The number of hydrogen-bond acceptors (Lipinski definition) is 2. The summed E-state index contributed by atoms with van der Waals surface area (Å²) in [4.78, 5) is 0. The van der Waals surface area contributed by atoms with Crippen molar-refractivity contribution in [1.82, 2.24) is 0 Å². The van der Waals surface area contributed by atoms with E-state index in [9.17, 15) is 10.2 Å². The molecule has 2 aromatic rings. The van der Waals surface area contributed by atoms with Crippen LogP contribution in [0.2, 0.25) is 0 Å². The average molecular weight is 282 g/mol. The van der Waals surface area contributed by atoms with Crippen molar-refractivity contribution in [2.45, 2.75) is 31.8 Å². The fraction of sp³-hybridized carbons (Fsp3) is 0.263. The Morgan fingerprint density at radius 1 is 0.905 bits per heavy atom. The highest BCUT2D eigenvalue weighted by atomic mass is 16.3. The van der Waals surface area contributed by atoms with Gasteiger partial charge in [-0.05, 0) is 48.9 Å². The van der Waals surface area contributed by atoms with Crippen molar-refractivity contribution < 1.29 is 10.2 Å². The molecule has 0 fully saturated rings. The Bertz CT molecular complexity index is 544. The highest BCUT2D eigenvalue weighted by molar-refractivity contribution is 5.48. The Balaban J connectivity index is 1.66. The number of aryl methyl sites for hydroxylation is 1. The molecule has 0 spiro atoms. The molecule has 1 unspecified atom stereocenters. The maximum absolute atomic E-state index is 9.98. The van der Waals surface area contributed by atoms with Gasteiger partial charge in [0.2, 0.25) is 0 Å². The van der Waals surface area contributed by atoms with Gasteiger partial charge in [0.25, 0.3) is 0 Å². The van der Waals surface area contributed by atoms with E-state index >= 15 is 0 Å². The van der Waals surface area contributed by atoms with Crippen LogP contribution in [0.15, 0.2) is 60.7 Å². The van der Waals surface area contributed by atoms with Crippen LogP contribution in [-0.4, -0.2) is 16.3 Å². The van der Waals surface area contributed by atoms with E-state index in [4.69, 9.17) is 0 Å². The Labute approximate surface area is 126 Å². The monoisotopic (exact) mass is 282 g/mol. The van der Waals surface area contributed by atoms with Gasteiger partial charge < -0.3 is 10.2 Å². The first-order valence-corrected chi connectivity index (χ1v) is 7.41. The van der Waals surface area contributed by atoms with E-state index < -0.39 is 0 Å². The fourth-order valence-electron chi connectivity index (χ4n) is 2.21. The van der Waals surface area contributed by atoms with Gasteiger partial charge in [-0.3, -0.25) is 0 Å². The highest BCUT2D eigenvalue weighted by Crippen LogP contribution is 2.13. The van der Waals surface area contributed by atoms with E-state index in [1.165, 1.54) is 5.56 Å². The van der Waals surface area contributed by atoms with Crippen LogP contribution >= 0.6 is 0 Å². The second-order valence-electron chi connectivity index (χ2n) is 5.25. The molecule has 2 rings (SSSR count). The number of benzene rings is 2. The molecule has 2 heteroatoms. The third kappa shape index (κ3) is 5.84. The first kappa shape index (κ1) is 15.3. The molecule has 0 saturated carbocycles. The topological polar surface area (TPSA) is 40.5 Å². The second kappa shape index (κ2) is 8.28. The molecule has 0 radical (unpaired) electrons. The van der Waals surface area contributed by atoms with Crippen LogP contribution in [0.1, 0.15) is 30.4 Å². The van der Waals surface area contributed by atoms with Crippen LogP contribution in [-0.2, 0) is 6.42 Å². The van der Waals surface area contributed by atoms with Crippen molar-refractivity contribution in [3.05, 3.63) is 71.8 Å². The maximum Gasteiger partial charge on any atom is 0.115 e. The fourth-order valence-corrected chi connectivity index (χ4v) is 2.21. The molecule has 2 nitrogen and oxygen atoms in total. The molecule has 0 aliphatic rings. The molecular weight excluding hydrogens is 260 g/mol. The summed E-state index contributed by atoms with van der Waals surface area (Å²) < 4.78 is 0. The van der Waals surface area contributed by atoms with Gasteiger partial charge in [-0.1, -0.05) is 54.6 Å². The van der Waals surface area contributed by atoms with Gasteiger partial charge in [0, 0.05) is 0 Å².